The van der Waals surface area contributed by atoms with E-state index in [-0.39, 0.29) is 6.54 Å². The third kappa shape index (κ3) is 3.69. The molecule has 0 heterocycles. The fourth-order valence-corrected chi connectivity index (χ4v) is 1.27. The van der Waals surface area contributed by atoms with E-state index in [1.165, 1.54) is 11.9 Å². The lowest BCUT2D eigenvalue weighted by molar-refractivity contribution is -0.117. The average Bonchev–Trinajstić information content (AvgIpc) is 2.38. The van der Waals surface area contributed by atoms with Gasteiger partial charge in [0.05, 0.1) is 24.3 Å². The lowest BCUT2D eigenvalue weighted by Crippen LogP contribution is -2.35. The maximum atomic E-state index is 13.3. The van der Waals surface area contributed by atoms with Crippen LogP contribution in [0.2, 0.25) is 0 Å². The smallest absolute Gasteiger partial charge is 0.238 e. The highest BCUT2D eigenvalue weighted by molar-refractivity contribution is 5.92. The Morgan fingerprint density at radius 3 is 2.63 bits per heavy atom. The molecular formula is C12H12F3N3O. The van der Waals surface area contributed by atoms with E-state index in [9.17, 15) is 18.0 Å². The second-order valence-electron chi connectivity index (χ2n) is 3.99. The molecule has 102 valence electrons. The summed E-state index contributed by atoms with van der Waals surface area (Å²) in [6.07, 6.45) is 0. The number of nitrogens with zero attached hydrogens (tertiary/aromatic N) is 2. The molecule has 0 spiro atoms. The molecule has 0 bridgehead atoms. The van der Waals surface area contributed by atoms with Crippen molar-refractivity contribution in [2.45, 2.75) is 13.0 Å². The molecule has 1 rings (SSSR count). The van der Waals surface area contributed by atoms with E-state index in [1.54, 1.807) is 6.92 Å². The molecule has 1 aromatic rings. The Balaban J connectivity index is 2.74. The number of carbonyl (C=O) groups excluding carboxylic acids is 1. The van der Waals surface area contributed by atoms with Crippen LogP contribution >= 0.6 is 0 Å². The average molecular weight is 271 g/mol. The van der Waals surface area contributed by atoms with Gasteiger partial charge in [0.2, 0.25) is 5.91 Å². The molecule has 0 radical (unpaired) electrons. The van der Waals surface area contributed by atoms with Gasteiger partial charge in [-0.2, -0.15) is 5.26 Å². The first kappa shape index (κ1) is 15.0. The molecule has 0 saturated carbocycles. The van der Waals surface area contributed by atoms with E-state index < -0.39 is 35.1 Å². The van der Waals surface area contributed by atoms with Crippen LogP contribution in [0.1, 0.15) is 6.92 Å². The fourth-order valence-electron chi connectivity index (χ4n) is 1.27. The quantitative estimate of drug-likeness (QED) is 0.851. The first-order valence-electron chi connectivity index (χ1n) is 5.40. The lowest BCUT2D eigenvalue weighted by Gasteiger charge is -2.18. The van der Waals surface area contributed by atoms with Gasteiger partial charge in [-0.3, -0.25) is 9.69 Å². The zero-order valence-corrected chi connectivity index (χ0v) is 10.4. The molecule has 0 fully saturated rings. The highest BCUT2D eigenvalue weighted by Crippen LogP contribution is 2.19. The van der Waals surface area contributed by atoms with Crippen LogP contribution in [0.4, 0.5) is 18.9 Å². The third-order valence-electron chi connectivity index (χ3n) is 2.55. The van der Waals surface area contributed by atoms with Crippen LogP contribution in [-0.2, 0) is 4.79 Å². The summed E-state index contributed by atoms with van der Waals surface area (Å²) in [6, 6.07) is 3.07. The van der Waals surface area contributed by atoms with Crippen molar-refractivity contribution in [3.63, 3.8) is 0 Å². The Labute approximate surface area is 108 Å². The summed E-state index contributed by atoms with van der Waals surface area (Å²) in [5.74, 6) is -5.05. The summed E-state index contributed by atoms with van der Waals surface area (Å²) >= 11 is 0. The second-order valence-corrected chi connectivity index (χ2v) is 3.99. The molecule has 1 amide bonds. The molecular weight excluding hydrogens is 259 g/mol. The van der Waals surface area contributed by atoms with Crippen molar-refractivity contribution in [1.82, 2.24) is 4.90 Å². The molecule has 19 heavy (non-hydrogen) atoms. The Hall–Kier alpha value is -2.07. The van der Waals surface area contributed by atoms with Gasteiger partial charge in [0.1, 0.15) is 0 Å². The number of likely N-dealkylation sites (N-methyl/N-ethyl adjacent to an activating group) is 1. The molecule has 1 N–H and O–H groups in total. The monoisotopic (exact) mass is 271 g/mol. The molecule has 0 unspecified atom stereocenters. The predicted molar refractivity (Wildman–Crippen MR) is 62.7 cm³/mol. The van der Waals surface area contributed by atoms with E-state index in [4.69, 9.17) is 5.26 Å². The Morgan fingerprint density at radius 2 is 2.05 bits per heavy atom. The lowest BCUT2D eigenvalue weighted by atomic mass is 10.2. The Morgan fingerprint density at radius 1 is 1.42 bits per heavy atom. The number of anilines is 1. The number of carbonyl (C=O) groups is 1. The number of nitrogens with one attached hydrogen (secondary N) is 1. The normalized spacial score (nSPS) is 12.1. The van der Waals surface area contributed by atoms with E-state index in [0.29, 0.717) is 0 Å². The van der Waals surface area contributed by atoms with Gasteiger partial charge in [-0.1, -0.05) is 0 Å². The molecule has 7 heteroatoms. The van der Waals surface area contributed by atoms with E-state index in [0.717, 1.165) is 12.1 Å². The van der Waals surface area contributed by atoms with Crippen LogP contribution in [0.5, 0.6) is 0 Å². The molecule has 0 aromatic heterocycles. The van der Waals surface area contributed by atoms with E-state index >= 15 is 0 Å². The maximum absolute atomic E-state index is 13.3. The highest BCUT2D eigenvalue weighted by Gasteiger charge is 2.17. The largest absolute Gasteiger partial charge is 0.322 e. The van der Waals surface area contributed by atoms with Gasteiger partial charge in [0.15, 0.2) is 17.5 Å². The van der Waals surface area contributed by atoms with Gasteiger partial charge in [-0.05, 0) is 26.1 Å². The first-order valence-corrected chi connectivity index (χ1v) is 5.40. The van der Waals surface area contributed by atoms with Crippen LogP contribution < -0.4 is 5.32 Å². The number of benzene rings is 1. The van der Waals surface area contributed by atoms with Gasteiger partial charge in [-0.15, -0.1) is 0 Å². The van der Waals surface area contributed by atoms with E-state index in [2.05, 4.69) is 5.32 Å². The molecule has 0 saturated heterocycles. The van der Waals surface area contributed by atoms with Crippen molar-refractivity contribution >= 4 is 11.6 Å². The topological polar surface area (TPSA) is 56.1 Å². The van der Waals surface area contributed by atoms with Crippen molar-refractivity contribution in [1.29, 1.82) is 5.26 Å². The molecule has 1 aromatic carbocycles. The highest BCUT2D eigenvalue weighted by atomic mass is 19.2. The number of halogens is 3. The minimum Gasteiger partial charge on any atom is -0.322 e. The maximum Gasteiger partial charge on any atom is 0.238 e. The van der Waals surface area contributed by atoms with Gasteiger partial charge >= 0.3 is 0 Å². The zero-order chi connectivity index (χ0) is 14.6. The zero-order valence-electron chi connectivity index (χ0n) is 10.4. The molecule has 4 nitrogen and oxygen atoms in total. The molecule has 0 aliphatic heterocycles. The Bertz CT molecular complexity index is 528. The first-order chi connectivity index (χ1) is 8.86. The van der Waals surface area contributed by atoms with E-state index in [1.807, 2.05) is 6.07 Å². The number of rotatable bonds is 4. The number of amides is 1. The number of hydrogen-bond acceptors (Lipinski definition) is 3. The van der Waals surface area contributed by atoms with Crippen molar-refractivity contribution in [2.24, 2.45) is 0 Å². The van der Waals surface area contributed by atoms with Crippen LogP contribution in [0.15, 0.2) is 12.1 Å². The standard InChI is InChI=1S/C12H12F3N3O/c1-7(5-16)18(2)6-10(19)17-9-4-3-8(13)11(14)12(9)15/h3-4,7H,6H2,1-2H3,(H,17,19)/t7-/m1/s1. The second kappa shape index (κ2) is 6.20. The fraction of sp³-hybridized carbons (Fsp3) is 0.333. The summed E-state index contributed by atoms with van der Waals surface area (Å²) < 4.78 is 38.9. The minimum absolute atomic E-state index is 0.173. The predicted octanol–water partition coefficient (Wildman–Crippen LogP) is 1.89. The van der Waals surface area contributed by atoms with Crippen LogP contribution in [0.25, 0.3) is 0 Å². The summed E-state index contributed by atoms with van der Waals surface area (Å²) in [7, 11) is 1.54. The molecule has 0 aliphatic carbocycles. The van der Waals surface area contributed by atoms with Gasteiger partial charge < -0.3 is 5.32 Å². The van der Waals surface area contributed by atoms with Crippen molar-refractivity contribution in [3.8, 4) is 6.07 Å². The number of hydrogen-bond donors (Lipinski definition) is 1. The van der Waals surface area contributed by atoms with Crippen LogP contribution in [0, 0.1) is 28.8 Å². The van der Waals surface area contributed by atoms with Gasteiger partial charge in [-0.25, -0.2) is 13.2 Å². The minimum atomic E-state index is -1.64. The van der Waals surface area contributed by atoms with Gasteiger partial charge in [0.25, 0.3) is 0 Å². The molecule has 0 aliphatic rings. The van der Waals surface area contributed by atoms with Crippen molar-refractivity contribution < 1.29 is 18.0 Å². The summed E-state index contributed by atoms with van der Waals surface area (Å²) in [4.78, 5) is 13.0. The summed E-state index contributed by atoms with van der Waals surface area (Å²) in [6.45, 7) is 1.42. The summed E-state index contributed by atoms with van der Waals surface area (Å²) in [5, 5.41) is 10.8. The third-order valence-corrected chi connectivity index (χ3v) is 2.55. The summed E-state index contributed by atoms with van der Waals surface area (Å²) in [5.41, 5.74) is -0.443. The number of nitriles is 1. The Kier molecular flexibility index (Phi) is 4.89. The van der Waals surface area contributed by atoms with Gasteiger partial charge in [0, 0.05) is 0 Å². The van der Waals surface area contributed by atoms with Crippen LogP contribution in [-0.4, -0.2) is 30.4 Å². The van der Waals surface area contributed by atoms with Crippen molar-refractivity contribution in [3.05, 3.63) is 29.6 Å². The SMILES string of the molecule is C[C@H](C#N)N(C)CC(=O)Nc1ccc(F)c(F)c1F. The van der Waals surface area contributed by atoms with Crippen LogP contribution in [0.3, 0.4) is 0 Å². The van der Waals surface area contributed by atoms with Crippen molar-refractivity contribution in [2.75, 3.05) is 18.9 Å². The molecule has 1 atom stereocenters.